The molecule has 1 aliphatic rings. The van der Waals surface area contributed by atoms with E-state index in [1.807, 2.05) is 31.2 Å². The average Bonchev–Trinajstić information content (AvgIpc) is 2.89. The van der Waals surface area contributed by atoms with Gasteiger partial charge in [0.25, 0.3) is 0 Å². The Hall–Kier alpha value is -1.06. The molecule has 1 aromatic carbocycles. The van der Waals surface area contributed by atoms with Crippen LogP contribution in [0.1, 0.15) is 38.8 Å². The minimum Gasteiger partial charge on any atom is -0.349 e. The summed E-state index contributed by atoms with van der Waals surface area (Å²) in [5.74, 6) is 0.467. The lowest BCUT2D eigenvalue weighted by atomic mass is 9.75. The molecule has 110 valence electrons. The van der Waals surface area contributed by atoms with Crippen molar-refractivity contribution in [2.75, 3.05) is 13.1 Å². The second-order valence-corrected chi connectivity index (χ2v) is 6.42. The summed E-state index contributed by atoms with van der Waals surface area (Å²) in [6.07, 6.45) is 0.902. The van der Waals surface area contributed by atoms with Crippen molar-refractivity contribution in [3.05, 3.63) is 34.9 Å². The summed E-state index contributed by atoms with van der Waals surface area (Å²) in [6.45, 7) is 7.92. The van der Waals surface area contributed by atoms with Gasteiger partial charge >= 0.3 is 0 Å². The maximum absolute atomic E-state index is 12.7. The zero-order valence-electron chi connectivity index (χ0n) is 12.4. The average molecular weight is 295 g/mol. The zero-order valence-corrected chi connectivity index (χ0v) is 13.1. The minimum absolute atomic E-state index is 0.0302. The summed E-state index contributed by atoms with van der Waals surface area (Å²) < 4.78 is 0. The van der Waals surface area contributed by atoms with E-state index in [0.717, 1.165) is 25.1 Å². The minimum atomic E-state index is -0.285. The number of hydrogen-bond donors (Lipinski definition) is 2. The molecule has 4 heteroatoms. The molecule has 3 nitrogen and oxygen atoms in total. The van der Waals surface area contributed by atoms with Crippen LogP contribution in [0.15, 0.2) is 24.3 Å². The molecular formula is C16H23ClN2O. The SMILES string of the molecule is CC(NC(=O)C1(C(C)C)CCNC1)c1cccc(Cl)c1. The highest BCUT2D eigenvalue weighted by molar-refractivity contribution is 6.30. The second-order valence-electron chi connectivity index (χ2n) is 5.99. The van der Waals surface area contributed by atoms with Gasteiger partial charge in [-0.2, -0.15) is 0 Å². The van der Waals surface area contributed by atoms with Crippen molar-refractivity contribution >= 4 is 17.5 Å². The van der Waals surface area contributed by atoms with Crippen LogP contribution in [0, 0.1) is 11.3 Å². The Kier molecular flexibility index (Phi) is 4.71. The Labute approximate surface area is 126 Å². The van der Waals surface area contributed by atoms with Gasteiger partial charge in [0.15, 0.2) is 0 Å². The molecule has 0 aromatic heterocycles. The van der Waals surface area contributed by atoms with Gasteiger partial charge in [0.2, 0.25) is 5.91 Å². The Morgan fingerprint density at radius 3 is 2.70 bits per heavy atom. The van der Waals surface area contributed by atoms with E-state index in [1.54, 1.807) is 0 Å². The fourth-order valence-corrected chi connectivity index (χ4v) is 3.06. The number of amides is 1. The van der Waals surface area contributed by atoms with Gasteiger partial charge in [-0.3, -0.25) is 4.79 Å². The number of hydrogen-bond acceptors (Lipinski definition) is 2. The maximum Gasteiger partial charge on any atom is 0.228 e. The highest BCUT2D eigenvalue weighted by atomic mass is 35.5. The third kappa shape index (κ3) is 2.99. The number of carbonyl (C=O) groups excluding carboxylic acids is 1. The number of carbonyl (C=O) groups is 1. The quantitative estimate of drug-likeness (QED) is 0.896. The van der Waals surface area contributed by atoms with Crippen molar-refractivity contribution in [3.8, 4) is 0 Å². The van der Waals surface area contributed by atoms with Crippen LogP contribution < -0.4 is 10.6 Å². The van der Waals surface area contributed by atoms with Crippen molar-refractivity contribution < 1.29 is 4.79 Å². The zero-order chi connectivity index (χ0) is 14.8. The van der Waals surface area contributed by atoms with Crippen LogP contribution in [-0.2, 0) is 4.79 Å². The standard InChI is InChI=1S/C16H23ClN2O/c1-11(2)16(7-8-18-10-16)15(20)19-12(3)13-5-4-6-14(17)9-13/h4-6,9,11-12,18H,7-8,10H2,1-3H3,(H,19,20). The number of nitrogens with one attached hydrogen (secondary N) is 2. The van der Waals surface area contributed by atoms with E-state index in [0.29, 0.717) is 10.9 Å². The van der Waals surface area contributed by atoms with Gasteiger partial charge < -0.3 is 10.6 Å². The first-order valence-electron chi connectivity index (χ1n) is 7.23. The Balaban J connectivity index is 2.10. The van der Waals surface area contributed by atoms with Gasteiger partial charge in [-0.1, -0.05) is 37.6 Å². The van der Waals surface area contributed by atoms with Crippen molar-refractivity contribution in [2.45, 2.75) is 33.2 Å². The highest BCUT2D eigenvalue weighted by Crippen LogP contribution is 2.35. The normalized spacial score (nSPS) is 23.9. The first-order chi connectivity index (χ1) is 9.45. The van der Waals surface area contributed by atoms with Crippen LogP contribution in [-0.4, -0.2) is 19.0 Å². The molecule has 1 heterocycles. The Bertz CT molecular complexity index is 481. The predicted molar refractivity (Wildman–Crippen MR) is 82.8 cm³/mol. The van der Waals surface area contributed by atoms with Gasteiger partial charge in [-0.15, -0.1) is 0 Å². The lowest BCUT2D eigenvalue weighted by Gasteiger charge is -2.32. The van der Waals surface area contributed by atoms with Gasteiger partial charge in [-0.25, -0.2) is 0 Å². The number of halogens is 1. The largest absolute Gasteiger partial charge is 0.349 e. The van der Waals surface area contributed by atoms with Crippen LogP contribution in [0.4, 0.5) is 0 Å². The summed E-state index contributed by atoms with van der Waals surface area (Å²) in [5.41, 5.74) is 0.753. The lowest BCUT2D eigenvalue weighted by molar-refractivity contribution is -0.133. The molecule has 1 saturated heterocycles. The fraction of sp³-hybridized carbons (Fsp3) is 0.562. The molecule has 1 fully saturated rings. The monoisotopic (exact) mass is 294 g/mol. The summed E-state index contributed by atoms with van der Waals surface area (Å²) in [6, 6.07) is 7.62. The smallest absolute Gasteiger partial charge is 0.228 e. The van der Waals surface area contributed by atoms with E-state index in [4.69, 9.17) is 11.6 Å². The molecule has 0 aliphatic carbocycles. The van der Waals surface area contributed by atoms with Crippen LogP contribution >= 0.6 is 11.6 Å². The molecule has 2 unspecified atom stereocenters. The summed E-state index contributed by atoms with van der Waals surface area (Å²) >= 11 is 6.01. The van der Waals surface area contributed by atoms with E-state index < -0.39 is 0 Å². The van der Waals surface area contributed by atoms with Crippen molar-refractivity contribution in [1.29, 1.82) is 0 Å². The number of benzene rings is 1. The molecule has 0 bridgehead atoms. The molecule has 0 spiro atoms. The van der Waals surface area contributed by atoms with Gasteiger partial charge in [0.1, 0.15) is 0 Å². The highest BCUT2D eigenvalue weighted by Gasteiger charge is 2.44. The maximum atomic E-state index is 12.7. The lowest BCUT2D eigenvalue weighted by Crippen LogP contribution is -2.46. The Morgan fingerprint density at radius 2 is 2.15 bits per heavy atom. The van der Waals surface area contributed by atoms with Crippen molar-refractivity contribution in [3.63, 3.8) is 0 Å². The van der Waals surface area contributed by atoms with E-state index in [2.05, 4.69) is 24.5 Å². The molecule has 0 radical (unpaired) electrons. The van der Waals surface area contributed by atoms with Crippen LogP contribution in [0.3, 0.4) is 0 Å². The van der Waals surface area contributed by atoms with Crippen LogP contribution in [0.25, 0.3) is 0 Å². The molecule has 20 heavy (non-hydrogen) atoms. The molecule has 0 saturated carbocycles. The molecule has 2 atom stereocenters. The molecular weight excluding hydrogens is 272 g/mol. The van der Waals surface area contributed by atoms with E-state index in [1.165, 1.54) is 0 Å². The van der Waals surface area contributed by atoms with E-state index in [-0.39, 0.29) is 17.4 Å². The third-order valence-electron chi connectivity index (χ3n) is 4.44. The summed E-state index contributed by atoms with van der Waals surface area (Å²) in [7, 11) is 0. The molecule has 2 N–H and O–H groups in total. The topological polar surface area (TPSA) is 41.1 Å². The first-order valence-corrected chi connectivity index (χ1v) is 7.60. The van der Waals surface area contributed by atoms with Crippen molar-refractivity contribution in [1.82, 2.24) is 10.6 Å². The van der Waals surface area contributed by atoms with E-state index in [9.17, 15) is 4.79 Å². The van der Waals surface area contributed by atoms with Crippen molar-refractivity contribution in [2.24, 2.45) is 11.3 Å². The second kappa shape index (κ2) is 6.15. The predicted octanol–water partition coefficient (Wildman–Crippen LogP) is 3.15. The van der Waals surface area contributed by atoms with Crippen LogP contribution in [0.2, 0.25) is 5.02 Å². The first kappa shape index (κ1) is 15.3. The molecule has 2 rings (SSSR count). The Morgan fingerprint density at radius 1 is 1.40 bits per heavy atom. The van der Waals surface area contributed by atoms with Gasteiger partial charge in [0.05, 0.1) is 11.5 Å². The van der Waals surface area contributed by atoms with Crippen LogP contribution in [0.5, 0.6) is 0 Å². The van der Waals surface area contributed by atoms with E-state index >= 15 is 0 Å². The van der Waals surface area contributed by atoms with Gasteiger partial charge in [0, 0.05) is 11.6 Å². The molecule has 1 aliphatic heterocycles. The summed E-state index contributed by atoms with van der Waals surface area (Å²) in [5, 5.41) is 7.16. The number of rotatable bonds is 4. The summed E-state index contributed by atoms with van der Waals surface area (Å²) in [4.78, 5) is 12.7. The van der Waals surface area contributed by atoms with Gasteiger partial charge in [-0.05, 0) is 43.5 Å². The molecule has 1 amide bonds. The molecule has 1 aromatic rings. The third-order valence-corrected chi connectivity index (χ3v) is 4.68. The fourth-order valence-electron chi connectivity index (χ4n) is 2.86.